The van der Waals surface area contributed by atoms with Gasteiger partial charge in [-0.25, -0.2) is 9.07 Å². The molecule has 1 aromatic carbocycles. The molecule has 1 saturated heterocycles. The first-order valence-electron chi connectivity index (χ1n) is 8.79. The number of piperidine rings is 1. The smallest absolute Gasteiger partial charge is 0.123 e. The van der Waals surface area contributed by atoms with Crippen LogP contribution in [0.15, 0.2) is 36.7 Å². The zero-order valence-electron chi connectivity index (χ0n) is 14.3. The Kier molecular flexibility index (Phi) is 5.99. The molecule has 0 N–H and O–H groups in total. The molecule has 0 aliphatic carbocycles. The molecule has 1 aliphatic rings. The van der Waals surface area contributed by atoms with Gasteiger partial charge in [-0.15, -0.1) is 0 Å². The molecule has 24 heavy (non-hydrogen) atoms. The normalized spacial score (nSPS) is 18.8. The van der Waals surface area contributed by atoms with E-state index in [9.17, 15) is 4.39 Å². The molecule has 1 aromatic heterocycles. The van der Waals surface area contributed by atoms with Crippen LogP contribution in [0.3, 0.4) is 0 Å². The van der Waals surface area contributed by atoms with Gasteiger partial charge in [0.05, 0.1) is 5.69 Å². The highest BCUT2D eigenvalue weighted by Gasteiger charge is 2.23. The lowest BCUT2D eigenvalue weighted by Crippen LogP contribution is -2.39. The van der Waals surface area contributed by atoms with Crippen molar-refractivity contribution in [1.29, 1.82) is 0 Å². The molecule has 1 fully saturated rings. The van der Waals surface area contributed by atoms with E-state index in [1.54, 1.807) is 19.4 Å². The topological polar surface area (TPSA) is 30.3 Å². The molecular formula is C19H26FN3O. The van der Waals surface area contributed by atoms with E-state index in [1.807, 2.05) is 23.0 Å². The molecule has 4 nitrogen and oxygen atoms in total. The fraction of sp³-hybridized carbons (Fsp3) is 0.526. The van der Waals surface area contributed by atoms with Crippen molar-refractivity contribution in [2.45, 2.75) is 44.7 Å². The highest BCUT2D eigenvalue weighted by molar-refractivity contribution is 5.40. The summed E-state index contributed by atoms with van der Waals surface area (Å²) in [4.78, 5) is 2.50. The lowest BCUT2D eigenvalue weighted by Gasteiger charge is -2.36. The van der Waals surface area contributed by atoms with Crippen LogP contribution in [0.2, 0.25) is 0 Å². The van der Waals surface area contributed by atoms with E-state index in [2.05, 4.69) is 10.00 Å². The summed E-state index contributed by atoms with van der Waals surface area (Å²) in [6, 6.07) is 7.43. The Morgan fingerprint density at radius 3 is 3.04 bits per heavy atom. The Labute approximate surface area is 143 Å². The molecule has 0 saturated carbocycles. The van der Waals surface area contributed by atoms with E-state index >= 15 is 0 Å². The molecule has 5 heteroatoms. The van der Waals surface area contributed by atoms with Gasteiger partial charge in [-0.1, -0.05) is 6.42 Å². The first kappa shape index (κ1) is 17.1. The molecule has 0 unspecified atom stereocenters. The van der Waals surface area contributed by atoms with Crippen molar-refractivity contribution < 1.29 is 9.13 Å². The van der Waals surface area contributed by atoms with Crippen molar-refractivity contribution in [2.24, 2.45) is 0 Å². The molecule has 2 heterocycles. The summed E-state index contributed by atoms with van der Waals surface area (Å²) in [5, 5.41) is 4.31. The molecule has 130 valence electrons. The molecule has 3 rings (SSSR count). The number of hydrogen-bond donors (Lipinski definition) is 0. The van der Waals surface area contributed by atoms with Gasteiger partial charge in [-0.2, -0.15) is 5.10 Å². The van der Waals surface area contributed by atoms with Crippen molar-refractivity contribution in [3.63, 3.8) is 0 Å². The minimum atomic E-state index is -0.186. The Hall–Kier alpha value is -1.72. The van der Waals surface area contributed by atoms with Crippen molar-refractivity contribution in [2.75, 3.05) is 20.3 Å². The quantitative estimate of drug-likeness (QED) is 0.723. The maximum absolute atomic E-state index is 13.8. The van der Waals surface area contributed by atoms with Gasteiger partial charge in [-0.05, 0) is 62.1 Å². The van der Waals surface area contributed by atoms with Crippen molar-refractivity contribution in [3.8, 4) is 5.69 Å². The van der Waals surface area contributed by atoms with E-state index in [-0.39, 0.29) is 5.82 Å². The zero-order chi connectivity index (χ0) is 16.8. The van der Waals surface area contributed by atoms with Gasteiger partial charge in [0.2, 0.25) is 0 Å². The van der Waals surface area contributed by atoms with Gasteiger partial charge < -0.3 is 4.74 Å². The minimum absolute atomic E-state index is 0.186. The lowest BCUT2D eigenvalue weighted by molar-refractivity contribution is 0.116. The number of benzene rings is 1. The third-order valence-corrected chi connectivity index (χ3v) is 4.80. The SMILES string of the molecule is COCCC[C@@H]1CCCCN1Cc1cc(F)ccc1-n1cccn1. The van der Waals surface area contributed by atoms with Crippen LogP contribution in [0.5, 0.6) is 0 Å². The van der Waals surface area contributed by atoms with Gasteiger partial charge in [0, 0.05) is 38.7 Å². The summed E-state index contributed by atoms with van der Waals surface area (Å²) < 4.78 is 20.8. The number of rotatable bonds is 7. The van der Waals surface area contributed by atoms with Gasteiger partial charge >= 0.3 is 0 Å². The van der Waals surface area contributed by atoms with Crippen LogP contribution in [0.4, 0.5) is 4.39 Å². The molecule has 1 atom stereocenters. The highest BCUT2D eigenvalue weighted by atomic mass is 19.1. The second kappa shape index (κ2) is 8.40. The molecule has 0 spiro atoms. The van der Waals surface area contributed by atoms with Gasteiger partial charge in [0.15, 0.2) is 0 Å². The average Bonchev–Trinajstić information content (AvgIpc) is 3.11. The predicted molar refractivity (Wildman–Crippen MR) is 92.7 cm³/mol. The minimum Gasteiger partial charge on any atom is -0.385 e. The fourth-order valence-corrected chi connectivity index (χ4v) is 3.59. The number of nitrogens with zero attached hydrogens (tertiary/aromatic N) is 3. The molecule has 0 radical (unpaired) electrons. The van der Waals surface area contributed by atoms with Crippen LogP contribution in [0.25, 0.3) is 5.69 Å². The summed E-state index contributed by atoms with van der Waals surface area (Å²) in [5.41, 5.74) is 1.96. The maximum atomic E-state index is 13.8. The Bertz CT molecular complexity index is 630. The molecule has 2 aromatic rings. The predicted octanol–water partition coefficient (Wildman–Crippen LogP) is 3.79. The number of hydrogen-bond acceptors (Lipinski definition) is 3. The van der Waals surface area contributed by atoms with Crippen molar-refractivity contribution >= 4 is 0 Å². The summed E-state index contributed by atoms with van der Waals surface area (Å²) in [6.45, 7) is 2.65. The van der Waals surface area contributed by atoms with E-state index in [0.29, 0.717) is 6.04 Å². The first-order chi connectivity index (χ1) is 11.8. The second-order valence-corrected chi connectivity index (χ2v) is 6.48. The number of likely N-dealkylation sites (tertiary alicyclic amines) is 1. The largest absolute Gasteiger partial charge is 0.385 e. The summed E-state index contributed by atoms with van der Waals surface area (Å²) in [6.07, 6.45) is 9.59. The Balaban J connectivity index is 1.77. The zero-order valence-corrected chi connectivity index (χ0v) is 14.3. The maximum Gasteiger partial charge on any atom is 0.123 e. The number of ether oxygens (including phenoxy) is 1. The van der Waals surface area contributed by atoms with Crippen LogP contribution in [0.1, 0.15) is 37.7 Å². The van der Waals surface area contributed by atoms with E-state index in [0.717, 1.165) is 43.8 Å². The van der Waals surface area contributed by atoms with E-state index in [1.165, 1.54) is 25.3 Å². The third kappa shape index (κ3) is 4.22. The van der Waals surface area contributed by atoms with Crippen LogP contribution in [-0.4, -0.2) is 41.0 Å². The lowest BCUT2D eigenvalue weighted by atomic mass is 9.97. The monoisotopic (exact) mass is 331 g/mol. The number of aromatic nitrogens is 2. The number of methoxy groups -OCH3 is 1. The van der Waals surface area contributed by atoms with Crippen LogP contribution < -0.4 is 0 Å². The Morgan fingerprint density at radius 1 is 1.33 bits per heavy atom. The van der Waals surface area contributed by atoms with Gasteiger partial charge in [0.25, 0.3) is 0 Å². The molecule has 0 amide bonds. The average molecular weight is 331 g/mol. The number of halogens is 1. The van der Waals surface area contributed by atoms with Crippen molar-refractivity contribution in [3.05, 3.63) is 48.0 Å². The van der Waals surface area contributed by atoms with Crippen LogP contribution in [0, 0.1) is 5.82 Å². The van der Waals surface area contributed by atoms with Crippen molar-refractivity contribution in [1.82, 2.24) is 14.7 Å². The summed E-state index contributed by atoms with van der Waals surface area (Å²) in [7, 11) is 1.75. The summed E-state index contributed by atoms with van der Waals surface area (Å²) >= 11 is 0. The van der Waals surface area contributed by atoms with Crippen LogP contribution in [-0.2, 0) is 11.3 Å². The van der Waals surface area contributed by atoms with E-state index < -0.39 is 0 Å². The van der Waals surface area contributed by atoms with Gasteiger partial charge in [0.1, 0.15) is 5.82 Å². The second-order valence-electron chi connectivity index (χ2n) is 6.48. The standard InChI is InChI=1S/C19H26FN3O/c1-24-13-4-7-18-6-2-3-11-22(18)15-16-14-17(20)8-9-19(16)23-12-5-10-21-23/h5,8-10,12,14,18H,2-4,6-7,11,13,15H2,1H3/t18-/m0/s1. The highest BCUT2D eigenvalue weighted by Crippen LogP contribution is 2.25. The first-order valence-corrected chi connectivity index (χ1v) is 8.79. The van der Waals surface area contributed by atoms with Crippen LogP contribution >= 0.6 is 0 Å². The molecule has 0 bridgehead atoms. The third-order valence-electron chi connectivity index (χ3n) is 4.80. The van der Waals surface area contributed by atoms with Gasteiger partial charge in [-0.3, -0.25) is 4.90 Å². The Morgan fingerprint density at radius 2 is 2.25 bits per heavy atom. The summed E-state index contributed by atoms with van der Waals surface area (Å²) in [5.74, 6) is -0.186. The molecule has 1 aliphatic heterocycles. The fourth-order valence-electron chi connectivity index (χ4n) is 3.59. The molecular weight excluding hydrogens is 305 g/mol. The van der Waals surface area contributed by atoms with E-state index in [4.69, 9.17) is 4.74 Å².